The molecule has 6 nitrogen and oxygen atoms in total. The molecule has 3 heterocycles. The summed E-state index contributed by atoms with van der Waals surface area (Å²) in [5.74, 6) is -0.912. The molecule has 0 amide bonds. The number of carboxylic acids is 1. The van der Waals surface area contributed by atoms with Crippen LogP contribution in [0.15, 0.2) is 30.3 Å². The number of carbonyl (C=O) groups is 1. The van der Waals surface area contributed by atoms with E-state index in [1.165, 1.54) is 5.56 Å². The van der Waals surface area contributed by atoms with Crippen LogP contribution in [-0.2, 0) is 19.5 Å². The molecule has 2 N–H and O–H groups in total. The first-order valence-electron chi connectivity index (χ1n) is 9.03. The highest BCUT2D eigenvalue weighted by Crippen LogP contribution is 2.29. The van der Waals surface area contributed by atoms with Gasteiger partial charge in [-0.15, -0.1) is 0 Å². The van der Waals surface area contributed by atoms with Crippen molar-refractivity contribution in [2.75, 3.05) is 19.6 Å². The number of piperidine rings is 1. The SMILES string of the molecule is O=C(O)c1nn(C2CCNCC2)c2c1CN(Cc1ccccc1)CC2. The van der Waals surface area contributed by atoms with E-state index in [1.807, 2.05) is 22.9 Å². The zero-order valence-corrected chi connectivity index (χ0v) is 14.3. The lowest BCUT2D eigenvalue weighted by Gasteiger charge is -2.30. The van der Waals surface area contributed by atoms with E-state index in [1.54, 1.807) is 0 Å². The number of nitrogens with one attached hydrogen (secondary N) is 1. The number of aromatic carboxylic acids is 1. The van der Waals surface area contributed by atoms with Gasteiger partial charge >= 0.3 is 5.97 Å². The Kier molecular flexibility index (Phi) is 4.55. The van der Waals surface area contributed by atoms with E-state index < -0.39 is 5.97 Å². The number of hydrogen-bond acceptors (Lipinski definition) is 4. The minimum absolute atomic E-state index is 0.242. The normalized spacial score (nSPS) is 18.9. The van der Waals surface area contributed by atoms with Crippen LogP contribution in [-0.4, -0.2) is 45.4 Å². The molecule has 4 rings (SSSR count). The molecule has 1 aromatic carbocycles. The quantitative estimate of drug-likeness (QED) is 0.892. The second-order valence-corrected chi connectivity index (χ2v) is 6.95. The lowest BCUT2D eigenvalue weighted by Crippen LogP contribution is -2.34. The van der Waals surface area contributed by atoms with Gasteiger partial charge in [0.25, 0.3) is 0 Å². The maximum Gasteiger partial charge on any atom is 0.356 e. The number of hydrogen-bond donors (Lipinski definition) is 2. The smallest absolute Gasteiger partial charge is 0.356 e. The van der Waals surface area contributed by atoms with Crippen LogP contribution in [0.3, 0.4) is 0 Å². The summed E-state index contributed by atoms with van der Waals surface area (Å²) in [7, 11) is 0. The molecule has 1 aromatic heterocycles. The zero-order chi connectivity index (χ0) is 17.2. The van der Waals surface area contributed by atoms with Gasteiger partial charge < -0.3 is 10.4 Å². The van der Waals surface area contributed by atoms with Crippen LogP contribution >= 0.6 is 0 Å². The van der Waals surface area contributed by atoms with Gasteiger partial charge in [0.2, 0.25) is 0 Å². The fourth-order valence-corrected chi connectivity index (χ4v) is 4.00. The van der Waals surface area contributed by atoms with Crippen LogP contribution in [0.25, 0.3) is 0 Å². The minimum Gasteiger partial charge on any atom is -0.476 e. The van der Waals surface area contributed by atoms with Gasteiger partial charge in [-0.3, -0.25) is 9.58 Å². The number of rotatable bonds is 4. The Bertz CT molecular complexity index is 750. The average molecular weight is 340 g/mol. The number of benzene rings is 1. The highest BCUT2D eigenvalue weighted by atomic mass is 16.4. The molecule has 2 aromatic rings. The van der Waals surface area contributed by atoms with E-state index in [0.29, 0.717) is 12.6 Å². The van der Waals surface area contributed by atoms with Crippen molar-refractivity contribution in [2.45, 2.75) is 38.4 Å². The summed E-state index contributed by atoms with van der Waals surface area (Å²) in [4.78, 5) is 14.0. The molecule has 0 bridgehead atoms. The molecule has 6 heteroatoms. The Morgan fingerprint density at radius 3 is 2.72 bits per heavy atom. The Balaban J connectivity index is 1.60. The van der Waals surface area contributed by atoms with Crippen molar-refractivity contribution in [3.63, 3.8) is 0 Å². The summed E-state index contributed by atoms with van der Waals surface area (Å²) in [6.07, 6.45) is 2.90. The van der Waals surface area contributed by atoms with Crippen molar-refractivity contribution in [2.24, 2.45) is 0 Å². The Morgan fingerprint density at radius 2 is 2.00 bits per heavy atom. The van der Waals surface area contributed by atoms with E-state index >= 15 is 0 Å². The van der Waals surface area contributed by atoms with Crippen LogP contribution in [0, 0.1) is 0 Å². The Labute approximate surface area is 147 Å². The van der Waals surface area contributed by atoms with Gasteiger partial charge in [0.1, 0.15) is 0 Å². The molecule has 0 unspecified atom stereocenters. The minimum atomic E-state index is -0.912. The second kappa shape index (κ2) is 6.98. The van der Waals surface area contributed by atoms with Crippen molar-refractivity contribution in [3.8, 4) is 0 Å². The first-order valence-corrected chi connectivity index (χ1v) is 9.03. The van der Waals surface area contributed by atoms with Gasteiger partial charge in [-0.05, 0) is 31.5 Å². The molecule has 2 aliphatic rings. The molecule has 1 saturated heterocycles. The molecule has 0 saturated carbocycles. The third-order valence-electron chi connectivity index (χ3n) is 5.27. The molecule has 0 radical (unpaired) electrons. The van der Waals surface area contributed by atoms with Gasteiger partial charge in [0.15, 0.2) is 5.69 Å². The molecule has 0 atom stereocenters. The highest BCUT2D eigenvalue weighted by molar-refractivity contribution is 5.87. The van der Waals surface area contributed by atoms with Crippen LogP contribution in [0.4, 0.5) is 0 Å². The van der Waals surface area contributed by atoms with E-state index in [9.17, 15) is 9.90 Å². The van der Waals surface area contributed by atoms with Crippen molar-refractivity contribution in [1.82, 2.24) is 20.0 Å². The van der Waals surface area contributed by atoms with Gasteiger partial charge in [-0.25, -0.2) is 4.79 Å². The summed E-state index contributed by atoms with van der Waals surface area (Å²) in [5, 5.41) is 17.5. The Hall–Kier alpha value is -2.18. The monoisotopic (exact) mass is 340 g/mol. The van der Waals surface area contributed by atoms with Crippen molar-refractivity contribution in [3.05, 3.63) is 52.8 Å². The zero-order valence-electron chi connectivity index (χ0n) is 14.3. The van der Waals surface area contributed by atoms with Gasteiger partial charge in [-0.2, -0.15) is 5.10 Å². The lowest BCUT2D eigenvalue weighted by atomic mass is 10.0. The van der Waals surface area contributed by atoms with Crippen LogP contribution in [0.1, 0.15) is 46.2 Å². The molecule has 2 aliphatic heterocycles. The number of carboxylic acid groups (broad SMARTS) is 1. The van der Waals surface area contributed by atoms with Crippen molar-refractivity contribution in [1.29, 1.82) is 0 Å². The third kappa shape index (κ3) is 3.32. The molecule has 0 aliphatic carbocycles. The first kappa shape index (κ1) is 16.3. The summed E-state index contributed by atoms with van der Waals surface area (Å²) in [6, 6.07) is 10.7. The molecular weight excluding hydrogens is 316 g/mol. The maximum absolute atomic E-state index is 11.7. The average Bonchev–Trinajstić information content (AvgIpc) is 3.02. The van der Waals surface area contributed by atoms with E-state index in [0.717, 1.165) is 56.7 Å². The summed E-state index contributed by atoms with van der Waals surface area (Å²) >= 11 is 0. The summed E-state index contributed by atoms with van der Waals surface area (Å²) in [6.45, 7) is 4.40. The van der Waals surface area contributed by atoms with E-state index in [2.05, 4.69) is 27.4 Å². The first-order chi connectivity index (χ1) is 12.2. The van der Waals surface area contributed by atoms with Crippen molar-refractivity contribution < 1.29 is 9.90 Å². The fraction of sp³-hybridized carbons (Fsp3) is 0.474. The Morgan fingerprint density at radius 1 is 1.24 bits per heavy atom. The van der Waals surface area contributed by atoms with Gasteiger partial charge in [0, 0.05) is 37.3 Å². The predicted octanol–water partition coefficient (Wildman–Crippen LogP) is 2.06. The molecule has 0 spiro atoms. The highest BCUT2D eigenvalue weighted by Gasteiger charge is 2.30. The van der Waals surface area contributed by atoms with Crippen molar-refractivity contribution >= 4 is 5.97 Å². The van der Waals surface area contributed by atoms with Gasteiger partial charge in [-0.1, -0.05) is 30.3 Å². The largest absolute Gasteiger partial charge is 0.476 e. The number of fused-ring (bicyclic) bond motifs is 1. The summed E-state index contributed by atoms with van der Waals surface area (Å²) in [5.41, 5.74) is 3.54. The van der Waals surface area contributed by atoms with E-state index in [-0.39, 0.29) is 5.69 Å². The molecule has 1 fully saturated rings. The fourth-order valence-electron chi connectivity index (χ4n) is 4.00. The molecular formula is C19H24N4O2. The molecule has 25 heavy (non-hydrogen) atoms. The van der Waals surface area contributed by atoms with Gasteiger partial charge in [0.05, 0.1) is 6.04 Å². The number of aromatic nitrogens is 2. The lowest BCUT2D eigenvalue weighted by molar-refractivity contribution is 0.0686. The molecule has 132 valence electrons. The standard InChI is InChI=1S/C19H24N4O2/c24-19(25)18-16-13-22(12-14-4-2-1-3-5-14)11-8-17(16)23(21-18)15-6-9-20-10-7-15/h1-5,15,20H,6-13H2,(H,24,25). The van der Waals surface area contributed by atoms with Crippen LogP contribution in [0.2, 0.25) is 0 Å². The van der Waals surface area contributed by atoms with E-state index in [4.69, 9.17) is 0 Å². The number of nitrogens with zero attached hydrogens (tertiary/aromatic N) is 3. The summed E-state index contributed by atoms with van der Waals surface area (Å²) < 4.78 is 2.03. The maximum atomic E-state index is 11.7. The predicted molar refractivity (Wildman–Crippen MR) is 94.6 cm³/mol. The van der Waals surface area contributed by atoms with Crippen LogP contribution in [0.5, 0.6) is 0 Å². The van der Waals surface area contributed by atoms with Crippen LogP contribution < -0.4 is 5.32 Å². The second-order valence-electron chi connectivity index (χ2n) is 6.95. The third-order valence-corrected chi connectivity index (χ3v) is 5.27. The topological polar surface area (TPSA) is 70.4 Å².